The molecule has 0 fully saturated rings. The Bertz CT molecular complexity index is 1090. The molecule has 3 rings (SSSR count). The molecule has 0 heterocycles. The third kappa shape index (κ3) is 4.96. The zero-order valence-corrected chi connectivity index (χ0v) is 19.8. The smallest absolute Gasteiger partial charge is 0.143 e. The second kappa shape index (κ2) is 10.6. The van der Waals surface area contributed by atoms with E-state index >= 15 is 0 Å². The molecule has 0 aliphatic heterocycles. The first-order valence-corrected chi connectivity index (χ1v) is 11.0. The second-order valence-corrected chi connectivity index (χ2v) is 8.23. The van der Waals surface area contributed by atoms with Crippen LogP contribution in [0.3, 0.4) is 0 Å². The van der Waals surface area contributed by atoms with E-state index in [-0.39, 0.29) is 19.0 Å². The Morgan fingerprint density at radius 1 is 1.00 bits per heavy atom. The predicted octanol–water partition coefficient (Wildman–Crippen LogP) is 6.25. The molecule has 0 saturated carbocycles. The number of hydrogen-bond donors (Lipinski definition) is 2. The van der Waals surface area contributed by atoms with E-state index in [4.69, 9.17) is 9.47 Å². The molecule has 0 aromatic heterocycles. The zero-order chi connectivity index (χ0) is 23.1. The third-order valence-electron chi connectivity index (χ3n) is 5.36. The van der Waals surface area contributed by atoms with E-state index in [1.54, 1.807) is 25.3 Å². The lowest BCUT2D eigenvalue weighted by Crippen LogP contribution is -2.33. The normalized spacial score (nSPS) is 13.4. The summed E-state index contributed by atoms with van der Waals surface area (Å²) in [6.45, 7) is 6.21. The van der Waals surface area contributed by atoms with Crippen LogP contribution in [0.5, 0.6) is 11.5 Å². The first-order valence-electron chi connectivity index (χ1n) is 10.2. The topological polar surface area (TPSA) is 58.9 Å². The summed E-state index contributed by atoms with van der Waals surface area (Å²) in [6.07, 6.45) is 3.77. The Balaban J connectivity index is 2.18. The van der Waals surface area contributed by atoms with Crippen LogP contribution in [0.2, 0.25) is 0 Å². The van der Waals surface area contributed by atoms with Crippen molar-refractivity contribution < 1.29 is 19.7 Å². The van der Waals surface area contributed by atoms with Gasteiger partial charge in [-0.25, -0.2) is 0 Å². The lowest BCUT2D eigenvalue weighted by molar-refractivity contribution is -0.000489. The minimum Gasteiger partial charge on any atom is -0.508 e. The van der Waals surface area contributed by atoms with Gasteiger partial charge >= 0.3 is 0 Å². The second-order valence-electron chi connectivity index (χ2n) is 7.32. The molecule has 0 saturated heterocycles. The van der Waals surface area contributed by atoms with Crippen molar-refractivity contribution in [3.8, 4) is 11.5 Å². The van der Waals surface area contributed by atoms with Gasteiger partial charge in [-0.1, -0.05) is 65.0 Å². The quantitative estimate of drug-likeness (QED) is 0.345. The molecule has 1 atom stereocenters. The van der Waals surface area contributed by atoms with Gasteiger partial charge in [0, 0.05) is 4.47 Å². The molecule has 1 unspecified atom stereocenters. The summed E-state index contributed by atoms with van der Waals surface area (Å²) >= 11 is 3.51. The van der Waals surface area contributed by atoms with Crippen molar-refractivity contribution in [2.45, 2.75) is 25.7 Å². The number of aliphatic hydroxyl groups excluding tert-OH is 1. The minimum atomic E-state index is -0.974. The van der Waals surface area contributed by atoms with Crippen LogP contribution < -0.4 is 4.74 Å². The summed E-state index contributed by atoms with van der Waals surface area (Å²) in [7, 11) is 1.63. The van der Waals surface area contributed by atoms with Gasteiger partial charge in [-0.05, 0) is 71.1 Å². The number of phenols is 1. The Kier molecular flexibility index (Phi) is 7.91. The van der Waals surface area contributed by atoms with Crippen LogP contribution in [0.4, 0.5) is 0 Å². The van der Waals surface area contributed by atoms with Crippen molar-refractivity contribution in [2.24, 2.45) is 0 Å². The number of benzene rings is 3. The average Bonchev–Trinajstić information content (AvgIpc) is 2.82. The molecule has 2 N–H and O–H groups in total. The summed E-state index contributed by atoms with van der Waals surface area (Å²) in [4.78, 5) is 0. The van der Waals surface area contributed by atoms with Crippen LogP contribution in [0.1, 0.15) is 29.2 Å². The van der Waals surface area contributed by atoms with Crippen molar-refractivity contribution in [3.63, 3.8) is 0 Å². The number of ether oxygens (including phenoxy) is 2. The number of halogens is 1. The third-order valence-corrected chi connectivity index (χ3v) is 5.82. The first kappa shape index (κ1) is 23.8. The Morgan fingerprint density at radius 3 is 2.12 bits per heavy atom. The molecule has 0 aliphatic rings. The lowest BCUT2D eigenvalue weighted by Gasteiger charge is -2.37. The fourth-order valence-electron chi connectivity index (χ4n) is 3.82. The maximum Gasteiger partial charge on any atom is 0.143 e. The van der Waals surface area contributed by atoms with Crippen molar-refractivity contribution in [3.05, 3.63) is 118 Å². The van der Waals surface area contributed by atoms with E-state index < -0.39 is 5.60 Å². The van der Waals surface area contributed by atoms with Crippen LogP contribution in [-0.2, 0) is 23.6 Å². The number of aromatic hydroxyl groups is 1. The predicted molar refractivity (Wildman–Crippen MR) is 131 cm³/mol. The maximum atomic E-state index is 9.89. The van der Waals surface area contributed by atoms with Crippen LogP contribution >= 0.6 is 15.9 Å². The summed E-state index contributed by atoms with van der Waals surface area (Å²) < 4.78 is 13.0. The highest BCUT2D eigenvalue weighted by Gasteiger charge is 2.38. The summed E-state index contributed by atoms with van der Waals surface area (Å²) in [6, 6.07) is 20.5. The monoisotopic (exact) mass is 494 g/mol. The van der Waals surface area contributed by atoms with E-state index in [0.717, 1.165) is 38.0 Å². The molecule has 166 valence electrons. The van der Waals surface area contributed by atoms with Gasteiger partial charge in [0.2, 0.25) is 0 Å². The molecule has 3 aromatic carbocycles. The fraction of sp³-hybridized carbons (Fsp3) is 0.185. The van der Waals surface area contributed by atoms with E-state index in [0.29, 0.717) is 0 Å². The first-order chi connectivity index (χ1) is 15.5. The summed E-state index contributed by atoms with van der Waals surface area (Å²) in [5.41, 5.74) is 3.36. The average molecular weight is 495 g/mol. The Hall–Kier alpha value is -2.86. The van der Waals surface area contributed by atoms with Gasteiger partial charge in [0.25, 0.3) is 0 Å². The van der Waals surface area contributed by atoms with Gasteiger partial charge < -0.3 is 19.7 Å². The van der Waals surface area contributed by atoms with Gasteiger partial charge in [-0.2, -0.15) is 0 Å². The molecule has 5 heteroatoms. The van der Waals surface area contributed by atoms with Crippen LogP contribution in [0.25, 0.3) is 0 Å². The minimum absolute atomic E-state index is 0.0548. The maximum absolute atomic E-state index is 9.89. The van der Waals surface area contributed by atoms with Gasteiger partial charge in [-0.15, -0.1) is 0 Å². The number of phenolic OH excluding ortho intramolecular Hbond substituents is 1. The molecule has 0 aliphatic carbocycles. The van der Waals surface area contributed by atoms with Gasteiger partial charge in [0.15, 0.2) is 0 Å². The summed E-state index contributed by atoms with van der Waals surface area (Å²) in [5, 5.41) is 19.5. The lowest BCUT2D eigenvalue weighted by atomic mass is 9.79. The largest absolute Gasteiger partial charge is 0.508 e. The number of methoxy groups -OCH3 is 1. The molecular weight excluding hydrogens is 468 g/mol. The Morgan fingerprint density at radius 2 is 1.59 bits per heavy atom. The SMILES string of the molecule is C=CC(=CC)C(OCc1cc(Br)cc(CO)c1)(c1ccc(O)cc1)c1ccc(OC)cc1. The van der Waals surface area contributed by atoms with Gasteiger partial charge in [0.1, 0.15) is 17.1 Å². The standard InChI is InChI=1S/C27H27BrO4/c1-4-21(5-2)27(22-6-10-25(30)11-7-22,23-8-12-26(31-3)13-9-23)32-18-20-14-19(17-29)15-24(28)16-20/h4-16,29-30H,1,17-18H2,2-3H3. The van der Waals surface area contributed by atoms with Crippen molar-refractivity contribution in [2.75, 3.05) is 7.11 Å². The van der Waals surface area contributed by atoms with Crippen LogP contribution in [0.15, 0.2) is 95.5 Å². The molecule has 3 aromatic rings. The number of allylic oxidation sites excluding steroid dienone is 1. The van der Waals surface area contributed by atoms with E-state index in [9.17, 15) is 10.2 Å². The number of aliphatic hydroxyl groups is 1. The van der Waals surface area contributed by atoms with Crippen molar-refractivity contribution in [1.29, 1.82) is 0 Å². The zero-order valence-electron chi connectivity index (χ0n) is 18.2. The molecule has 0 radical (unpaired) electrons. The molecule has 0 bridgehead atoms. The molecule has 4 nitrogen and oxygen atoms in total. The molecular formula is C27H27BrO4. The van der Waals surface area contributed by atoms with Gasteiger partial charge in [0.05, 0.1) is 20.3 Å². The highest BCUT2D eigenvalue weighted by atomic mass is 79.9. The molecule has 32 heavy (non-hydrogen) atoms. The van der Waals surface area contributed by atoms with Crippen LogP contribution in [0, 0.1) is 0 Å². The Labute approximate surface area is 197 Å². The number of hydrogen-bond acceptors (Lipinski definition) is 4. The highest BCUT2D eigenvalue weighted by Crippen LogP contribution is 2.43. The van der Waals surface area contributed by atoms with E-state index in [1.165, 1.54) is 0 Å². The fourth-order valence-corrected chi connectivity index (χ4v) is 4.41. The van der Waals surface area contributed by atoms with Crippen molar-refractivity contribution >= 4 is 15.9 Å². The summed E-state index contributed by atoms with van der Waals surface area (Å²) in [5.74, 6) is 0.922. The van der Waals surface area contributed by atoms with Crippen LogP contribution in [-0.4, -0.2) is 17.3 Å². The number of rotatable bonds is 9. The van der Waals surface area contributed by atoms with Crippen molar-refractivity contribution in [1.82, 2.24) is 0 Å². The molecule has 0 amide bonds. The highest BCUT2D eigenvalue weighted by molar-refractivity contribution is 9.10. The van der Waals surface area contributed by atoms with Gasteiger partial charge in [-0.3, -0.25) is 0 Å². The molecule has 0 spiro atoms. The van der Waals surface area contributed by atoms with E-state index in [2.05, 4.69) is 22.5 Å². The van der Waals surface area contributed by atoms with E-state index in [1.807, 2.05) is 67.6 Å².